The van der Waals surface area contributed by atoms with Gasteiger partial charge in [0.05, 0.1) is 6.33 Å². The second kappa shape index (κ2) is 11.4. The van der Waals surface area contributed by atoms with Gasteiger partial charge in [-0.05, 0) is 29.7 Å². The number of nitrogens with zero attached hydrogens (tertiary/aromatic N) is 4. The first-order chi connectivity index (χ1) is 17.4. The number of imidazole rings is 1. The molecule has 176 valence electrons. The van der Waals surface area contributed by atoms with E-state index in [0.29, 0.717) is 23.9 Å². The highest BCUT2D eigenvalue weighted by molar-refractivity contribution is 5.75. The summed E-state index contributed by atoms with van der Waals surface area (Å²) in [6.07, 6.45) is 4.33. The smallest absolute Gasteiger partial charge is 0.245 e. The van der Waals surface area contributed by atoms with E-state index >= 15 is 0 Å². The van der Waals surface area contributed by atoms with Gasteiger partial charge in [-0.3, -0.25) is 0 Å². The number of fused-ring (bicyclic) bond motifs is 1. The molecular formula is C29H29N5O. The maximum absolute atomic E-state index is 5.93. The Kier molecular flexibility index (Phi) is 7.41. The molecule has 1 N–H and O–H groups in total. The number of benzene rings is 3. The van der Waals surface area contributed by atoms with Crippen LogP contribution in [0.3, 0.4) is 0 Å². The summed E-state index contributed by atoms with van der Waals surface area (Å²) in [7, 11) is 0. The Morgan fingerprint density at radius 2 is 1.43 bits per heavy atom. The zero-order valence-electron chi connectivity index (χ0n) is 19.6. The molecule has 0 aliphatic rings. The summed E-state index contributed by atoms with van der Waals surface area (Å²) in [6, 6.07) is 31.4. The van der Waals surface area contributed by atoms with E-state index in [9.17, 15) is 0 Å². The van der Waals surface area contributed by atoms with Crippen molar-refractivity contribution in [3.63, 3.8) is 0 Å². The summed E-state index contributed by atoms with van der Waals surface area (Å²) in [5, 5.41) is 3.65. The molecule has 3 aromatic carbocycles. The fraction of sp³-hybridized carbons (Fsp3) is 0.207. The first kappa shape index (κ1) is 22.7. The van der Waals surface area contributed by atoms with Crippen LogP contribution in [-0.2, 0) is 13.2 Å². The van der Waals surface area contributed by atoms with Crippen molar-refractivity contribution in [2.24, 2.45) is 0 Å². The van der Waals surface area contributed by atoms with E-state index in [-0.39, 0.29) is 0 Å². The van der Waals surface area contributed by atoms with E-state index in [4.69, 9.17) is 4.74 Å². The van der Waals surface area contributed by atoms with Gasteiger partial charge >= 0.3 is 0 Å². The van der Waals surface area contributed by atoms with Crippen LogP contribution in [0.1, 0.15) is 29.0 Å². The molecule has 2 aromatic heterocycles. The van der Waals surface area contributed by atoms with Crippen LogP contribution in [0, 0.1) is 0 Å². The molecule has 35 heavy (non-hydrogen) atoms. The van der Waals surface area contributed by atoms with Crippen molar-refractivity contribution in [2.75, 3.05) is 13.1 Å². The Balaban J connectivity index is 1.17. The van der Waals surface area contributed by atoms with Crippen LogP contribution in [0.15, 0.2) is 104 Å². The average Bonchev–Trinajstić information content (AvgIpc) is 3.35. The third kappa shape index (κ3) is 5.73. The number of nitrogens with one attached hydrogen (secondary N) is 1. The highest BCUT2D eigenvalue weighted by Crippen LogP contribution is 2.24. The Labute approximate surface area is 205 Å². The third-order valence-electron chi connectivity index (χ3n) is 6.09. The molecule has 0 fully saturated rings. The van der Waals surface area contributed by atoms with Crippen molar-refractivity contribution in [1.29, 1.82) is 0 Å². The lowest BCUT2D eigenvalue weighted by atomic mass is 9.91. The number of rotatable bonds is 11. The molecule has 0 spiro atoms. The van der Waals surface area contributed by atoms with Crippen molar-refractivity contribution < 1.29 is 4.74 Å². The van der Waals surface area contributed by atoms with E-state index in [1.165, 1.54) is 11.1 Å². The molecule has 2 heterocycles. The quantitative estimate of drug-likeness (QED) is 0.272. The predicted octanol–water partition coefficient (Wildman–Crippen LogP) is 5.22. The largest absolute Gasteiger partial charge is 0.471 e. The summed E-state index contributed by atoms with van der Waals surface area (Å²) in [5.41, 5.74) is 5.24. The van der Waals surface area contributed by atoms with Crippen molar-refractivity contribution >= 4 is 11.2 Å². The Hall–Kier alpha value is -4.03. The van der Waals surface area contributed by atoms with Crippen molar-refractivity contribution in [1.82, 2.24) is 24.8 Å². The fourth-order valence-electron chi connectivity index (χ4n) is 4.27. The monoisotopic (exact) mass is 463 g/mol. The van der Waals surface area contributed by atoms with E-state index in [1.807, 2.05) is 36.7 Å². The minimum atomic E-state index is 0.323. The molecule has 6 heteroatoms. The van der Waals surface area contributed by atoms with Crippen LogP contribution in [0.25, 0.3) is 11.2 Å². The first-order valence-corrected chi connectivity index (χ1v) is 12.0. The number of aryl methyl sites for hydroxylation is 1. The van der Waals surface area contributed by atoms with Gasteiger partial charge in [0.15, 0.2) is 11.2 Å². The maximum atomic E-state index is 5.93. The fourth-order valence-corrected chi connectivity index (χ4v) is 4.27. The molecule has 0 aliphatic heterocycles. The summed E-state index contributed by atoms with van der Waals surface area (Å²) < 4.78 is 8.00. The molecule has 5 rings (SSSR count). The molecule has 0 saturated heterocycles. The van der Waals surface area contributed by atoms with Gasteiger partial charge in [0.2, 0.25) is 5.88 Å². The van der Waals surface area contributed by atoms with E-state index in [1.54, 1.807) is 6.33 Å². The normalized spacial score (nSPS) is 11.2. The molecular weight excluding hydrogens is 434 g/mol. The summed E-state index contributed by atoms with van der Waals surface area (Å²) >= 11 is 0. The number of hydrogen-bond donors (Lipinski definition) is 1. The predicted molar refractivity (Wildman–Crippen MR) is 138 cm³/mol. The third-order valence-corrected chi connectivity index (χ3v) is 6.09. The lowest BCUT2D eigenvalue weighted by Crippen LogP contribution is -2.24. The maximum Gasteiger partial charge on any atom is 0.245 e. The summed E-state index contributed by atoms with van der Waals surface area (Å²) in [6.45, 7) is 3.06. The molecule has 0 saturated carbocycles. The van der Waals surface area contributed by atoms with E-state index < -0.39 is 0 Å². The Morgan fingerprint density at radius 3 is 2.11 bits per heavy atom. The minimum Gasteiger partial charge on any atom is -0.471 e. The van der Waals surface area contributed by atoms with Gasteiger partial charge in [-0.25, -0.2) is 9.97 Å². The zero-order chi connectivity index (χ0) is 23.7. The highest BCUT2D eigenvalue weighted by atomic mass is 16.5. The van der Waals surface area contributed by atoms with Crippen LogP contribution in [0.5, 0.6) is 5.88 Å². The van der Waals surface area contributed by atoms with Gasteiger partial charge in [-0.1, -0.05) is 91.0 Å². The molecule has 6 nitrogen and oxygen atoms in total. The van der Waals surface area contributed by atoms with E-state index in [0.717, 1.165) is 37.3 Å². The molecule has 0 radical (unpaired) electrons. The molecule has 5 aromatic rings. The average molecular weight is 464 g/mol. The zero-order valence-corrected chi connectivity index (χ0v) is 19.6. The van der Waals surface area contributed by atoms with Gasteiger partial charge < -0.3 is 14.6 Å². The van der Waals surface area contributed by atoms with Crippen LogP contribution in [0.4, 0.5) is 0 Å². The first-order valence-electron chi connectivity index (χ1n) is 12.0. The van der Waals surface area contributed by atoms with Crippen molar-refractivity contribution in [2.45, 2.75) is 25.5 Å². The standard InChI is InChI=1S/C29H29N5O/c1-4-11-23(12-5-1)20-35-29-27-28(31-21-32-29)34(22-33-27)18-10-17-30-19-26(24-13-6-2-7-14-24)25-15-8-3-9-16-25/h1-9,11-16,21-22,26,30H,10,17-20H2. The van der Waals surface area contributed by atoms with Gasteiger partial charge in [0, 0.05) is 19.0 Å². The summed E-state index contributed by atoms with van der Waals surface area (Å²) in [5.74, 6) is 0.841. The highest BCUT2D eigenvalue weighted by Gasteiger charge is 2.14. The second-order valence-electron chi connectivity index (χ2n) is 8.49. The van der Waals surface area contributed by atoms with Gasteiger partial charge in [0.1, 0.15) is 12.9 Å². The molecule has 0 bridgehead atoms. The Bertz CT molecular complexity index is 1280. The number of aromatic nitrogens is 4. The van der Waals surface area contributed by atoms with Crippen LogP contribution in [-0.4, -0.2) is 32.6 Å². The van der Waals surface area contributed by atoms with E-state index in [2.05, 4.69) is 85.5 Å². The summed E-state index contributed by atoms with van der Waals surface area (Å²) in [4.78, 5) is 13.3. The lowest BCUT2D eigenvalue weighted by molar-refractivity contribution is 0.297. The minimum absolute atomic E-state index is 0.323. The van der Waals surface area contributed by atoms with Gasteiger partial charge in [-0.2, -0.15) is 4.98 Å². The van der Waals surface area contributed by atoms with Crippen molar-refractivity contribution in [3.05, 3.63) is 120 Å². The topological polar surface area (TPSA) is 64.9 Å². The van der Waals surface area contributed by atoms with Crippen molar-refractivity contribution in [3.8, 4) is 5.88 Å². The Morgan fingerprint density at radius 1 is 0.771 bits per heavy atom. The second-order valence-corrected chi connectivity index (χ2v) is 8.49. The number of ether oxygens (including phenoxy) is 1. The van der Waals surface area contributed by atoms with Crippen LogP contribution >= 0.6 is 0 Å². The SMILES string of the molecule is c1ccc(COc2ncnc3c2ncn3CCCNCC(c2ccccc2)c2ccccc2)cc1. The molecule has 0 amide bonds. The molecule has 0 atom stereocenters. The van der Waals surface area contributed by atoms with Gasteiger partial charge in [0.25, 0.3) is 0 Å². The molecule has 0 unspecified atom stereocenters. The number of hydrogen-bond acceptors (Lipinski definition) is 5. The van der Waals surface area contributed by atoms with Gasteiger partial charge in [-0.15, -0.1) is 0 Å². The molecule has 0 aliphatic carbocycles. The van der Waals surface area contributed by atoms with Crippen LogP contribution < -0.4 is 10.1 Å². The van der Waals surface area contributed by atoms with Crippen LogP contribution in [0.2, 0.25) is 0 Å². The lowest BCUT2D eigenvalue weighted by Gasteiger charge is -2.19.